The van der Waals surface area contributed by atoms with Gasteiger partial charge in [-0.05, 0) is 23.8 Å². The molecule has 1 nitrogen and oxygen atoms in total. The Labute approximate surface area is 149 Å². The van der Waals surface area contributed by atoms with Gasteiger partial charge in [0.2, 0.25) is 5.69 Å². The van der Waals surface area contributed by atoms with Crippen LogP contribution in [-0.4, -0.2) is 0 Å². The molecule has 4 rings (SSSR count). The summed E-state index contributed by atoms with van der Waals surface area (Å²) in [7, 11) is 0. The minimum Gasteiger partial charge on any atom is -0.197 e. The average Bonchev–Trinajstić information content (AvgIpc) is 2.68. The topological polar surface area (TPSA) is 3.88 Å². The highest BCUT2D eigenvalue weighted by molar-refractivity contribution is 6.01. The Morgan fingerprint density at radius 3 is 1.96 bits per heavy atom. The molecule has 0 fully saturated rings. The second-order valence-electron chi connectivity index (χ2n) is 6.37. The predicted molar refractivity (Wildman–Crippen MR) is 105 cm³/mol. The van der Waals surface area contributed by atoms with Crippen molar-refractivity contribution in [3.8, 4) is 22.4 Å². The Morgan fingerprint density at radius 1 is 0.680 bits per heavy atom. The van der Waals surface area contributed by atoms with Gasteiger partial charge in [-0.3, -0.25) is 0 Å². The molecule has 0 unspecified atom stereocenters. The van der Waals surface area contributed by atoms with Crippen LogP contribution in [0.3, 0.4) is 0 Å². The van der Waals surface area contributed by atoms with Crippen LogP contribution in [-0.2, 0) is 6.54 Å². The zero-order valence-electron chi connectivity index (χ0n) is 14.5. The van der Waals surface area contributed by atoms with Gasteiger partial charge in [0, 0.05) is 22.8 Å². The van der Waals surface area contributed by atoms with Crippen molar-refractivity contribution in [1.29, 1.82) is 0 Å². The Kier molecular flexibility index (Phi) is 4.30. The molecule has 4 aromatic rings. The normalized spacial score (nSPS) is 10.9. The van der Waals surface area contributed by atoms with Crippen molar-refractivity contribution in [2.24, 2.45) is 0 Å². The monoisotopic (exact) mass is 324 g/mol. The molecule has 0 saturated carbocycles. The van der Waals surface area contributed by atoms with Crippen LogP contribution in [0.5, 0.6) is 0 Å². The lowest BCUT2D eigenvalue weighted by molar-refractivity contribution is -0.684. The molecular formula is C24H22N+. The summed E-state index contributed by atoms with van der Waals surface area (Å²) in [6, 6.07) is 30.2. The fourth-order valence-corrected chi connectivity index (χ4v) is 3.56. The van der Waals surface area contributed by atoms with Crippen molar-refractivity contribution in [1.82, 2.24) is 0 Å². The quantitative estimate of drug-likeness (QED) is 0.413. The number of aromatic nitrogens is 1. The van der Waals surface area contributed by atoms with E-state index in [0.717, 1.165) is 13.0 Å². The molecule has 0 amide bonds. The summed E-state index contributed by atoms with van der Waals surface area (Å²) in [6.45, 7) is 3.24. The van der Waals surface area contributed by atoms with Gasteiger partial charge < -0.3 is 0 Å². The summed E-state index contributed by atoms with van der Waals surface area (Å²) >= 11 is 0. The Hall–Kier alpha value is -2.93. The lowest BCUT2D eigenvalue weighted by atomic mass is 9.93. The van der Waals surface area contributed by atoms with Gasteiger partial charge in [-0.2, -0.15) is 4.57 Å². The lowest BCUT2D eigenvalue weighted by Gasteiger charge is -2.13. The molecule has 0 saturated heterocycles. The molecule has 0 aliphatic carbocycles. The Balaban J connectivity index is 2.14. The highest BCUT2D eigenvalue weighted by atomic mass is 15.0. The zero-order chi connectivity index (χ0) is 17.1. The first-order chi connectivity index (χ1) is 12.4. The van der Waals surface area contributed by atoms with Gasteiger partial charge in [-0.15, -0.1) is 0 Å². The molecule has 0 atom stereocenters. The summed E-state index contributed by atoms with van der Waals surface area (Å²) < 4.78 is 2.42. The lowest BCUT2D eigenvalue weighted by Crippen LogP contribution is -2.36. The molecule has 0 bridgehead atoms. The van der Waals surface area contributed by atoms with Crippen molar-refractivity contribution in [2.45, 2.75) is 19.9 Å². The number of nitrogens with zero attached hydrogens (tertiary/aromatic N) is 1. The third kappa shape index (κ3) is 2.94. The predicted octanol–water partition coefficient (Wildman–Crippen LogP) is 5.87. The number of aryl methyl sites for hydroxylation is 1. The van der Waals surface area contributed by atoms with E-state index in [4.69, 9.17) is 0 Å². The summed E-state index contributed by atoms with van der Waals surface area (Å²) in [5, 5.41) is 2.59. The maximum absolute atomic E-state index is 2.42. The van der Waals surface area contributed by atoms with Crippen LogP contribution in [0.15, 0.2) is 91.1 Å². The van der Waals surface area contributed by atoms with E-state index < -0.39 is 0 Å². The summed E-state index contributed by atoms with van der Waals surface area (Å²) in [5.74, 6) is 0. The van der Waals surface area contributed by atoms with E-state index in [1.807, 2.05) is 0 Å². The Morgan fingerprint density at radius 2 is 1.28 bits per heavy atom. The molecule has 25 heavy (non-hydrogen) atoms. The maximum Gasteiger partial charge on any atom is 0.221 e. The van der Waals surface area contributed by atoms with Crippen LogP contribution < -0.4 is 4.57 Å². The van der Waals surface area contributed by atoms with Crippen LogP contribution in [0.2, 0.25) is 0 Å². The first-order valence-corrected chi connectivity index (χ1v) is 8.94. The van der Waals surface area contributed by atoms with Gasteiger partial charge in [-0.1, -0.05) is 73.7 Å². The smallest absolute Gasteiger partial charge is 0.197 e. The first-order valence-electron chi connectivity index (χ1n) is 8.94. The number of pyridine rings is 1. The molecule has 0 aliphatic heterocycles. The second kappa shape index (κ2) is 6.90. The fraction of sp³-hybridized carbons (Fsp3) is 0.125. The third-order valence-corrected chi connectivity index (χ3v) is 4.62. The molecule has 122 valence electrons. The van der Waals surface area contributed by atoms with Gasteiger partial charge >= 0.3 is 0 Å². The highest BCUT2D eigenvalue weighted by Crippen LogP contribution is 2.35. The zero-order valence-corrected chi connectivity index (χ0v) is 14.5. The number of benzene rings is 3. The van der Waals surface area contributed by atoms with Crippen LogP contribution in [0, 0.1) is 0 Å². The van der Waals surface area contributed by atoms with Crippen molar-refractivity contribution in [2.75, 3.05) is 0 Å². The average molecular weight is 324 g/mol. The molecule has 0 aliphatic rings. The number of fused-ring (bicyclic) bond motifs is 1. The van der Waals surface area contributed by atoms with E-state index in [1.165, 1.54) is 33.2 Å². The molecule has 0 spiro atoms. The van der Waals surface area contributed by atoms with Gasteiger partial charge in [0.15, 0.2) is 6.20 Å². The van der Waals surface area contributed by atoms with E-state index in [-0.39, 0.29) is 0 Å². The van der Waals surface area contributed by atoms with Crippen molar-refractivity contribution in [3.05, 3.63) is 91.1 Å². The minimum absolute atomic E-state index is 1.01. The molecular weight excluding hydrogens is 302 g/mol. The Bertz CT molecular complexity index is 988. The summed E-state index contributed by atoms with van der Waals surface area (Å²) in [4.78, 5) is 0. The molecule has 1 aromatic heterocycles. The largest absolute Gasteiger partial charge is 0.221 e. The number of hydrogen-bond acceptors (Lipinski definition) is 0. The molecule has 0 N–H and O–H groups in total. The fourth-order valence-electron chi connectivity index (χ4n) is 3.56. The molecule has 3 aromatic carbocycles. The van der Waals surface area contributed by atoms with E-state index in [9.17, 15) is 0 Å². The first kappa shape index (κ1) is 15.6. The maximum atomic E-state index is 2.42. The third-order valence-electron chi connectivity index (χ3n) is 4.62. The standard InChI is InChI=1S/C24H22N/c1-2-17-25-18-21-15-9-10-16-22(21)23(19-11-5-3-6-12-19)24(25)20-13-7-4-8-14-20/h3-16,18H,2,17H2,1H3/q+1. The summed E-state index contributed by atoms with van der Waals surface area (Å²) in [5.41, 5.74) is 5.15. The van der Waals surface area contributed by atoms with Crippen LogP contribution >= 0.6 is 0 Å². The minimum atomic E-state index is 1.01. The highest BCUT2D eigenvalue weighted by Gasteiger charge is 2.22. The van der Waals surface area contributed by atoms with Gasteiger partial charge in [-0.25, -0.2) is 0 Å². The van der Waals surface area contributed by atoms with Gasteiger partial charge in [0.25, 0.3) is 0 Å². The van der Waals surface area contributed by atoms with Crippen LogP contribution in [0.4, 0.5) is 0 Å². The van der Waals surface area contributed by atoms with Crippen molar-refractivity contribution in [3.63, 3.8) is 0 Å². The van der Waals surface area contributed by atoms with Crippen LogP contribution in [0.1, 0.15) is 13.3 Å². The second-order valence-corrected chi connectivity index (χ2v) is 6.37. The van der Waals surface area contributed by atoms with E-state index in [2.05, 4.69) is 103 Å². The molecule has 1 heteroatoms. The number of hydrogen-bond donors (Lipinski definition) is 0. The van der Waals surface area contributed by atoms with Crippen molar-refractivity contribution >= 4 is 10.8 Å². The molecule has 0 radical (unpaired) electrons. The molecule has 1 heterocycles. The van der Waals surface area contributed by atoms with E-state index in [0.29, 0.717) is 0 Å². The SMILES string of the molecule is CCC[n+]1cc2ccccc2c(-c2ccccc2)c1-c1ccccc1. The van der Waals surface area contributed by atoms with Crippen molar-refractivity contribution < 1.29 is 4.57 Å². The van der Waals surface area contributed by atoms with E-state index >= 15 is 0 Å². The van der Waals surface area contributed by atoms with Crippen LogP contribution in [0.25, 0.3) is 33.2 Å². The number of rotatable bonds is 4. The van der Waals surface area contributed by atoms with Gasteiger partial charge in [0.1, 0.15) is 6.54 Å². The van der Waals surface area contributed by atoms with Gasteiger partial charge in [0.05, 0.1) is 5.56 Å². The van der Waals surface area contributed by atoms with E-state index in [1.54, 1.807) is 0 Å². The summed E-state index contributed by atoms with van der Waals surface area (Å²) in [6.07, 6.45) is 3.41.